The van der Waals surface area contributed by atoms with Gasteiger partial charge in [0.2, 0.25) is 0 Å². The van der Waals surface area contributed by atoms with Crippen LogP contribution in [0.1, 0.15) is 42.4 Å². The molecule has 2 nitrogen and oxygen atoms in total. The smallest absolute Gasteiger partial charge is 0.0709 e. The second-order valence-corrected chi connectivity index (χ2v) is 25.5. The number of hydrogen-bond donors (Lipinski definition) is 0. The Morgan fingerprint density at radius 3 is 1.85 bits per heavy atom. The summed E-state index contributed by atoms with van der Waals surface area (Å²) in [5.41, 5.74) is 15.5. The van der Waals surface area contributed by atoms with Crippen molar-refractivity contribution in [2.24, 2.45) is 5.92 Å². The Bertz CT molecular complexity index is 3410. The molecule has 341 valence electrons. The Balaban J connectivity index is 0.000000171. The molecule has 0 bridgehead atoms. The predicted octanol–water partition coefficient (Wildman–Crippen LogP) is 15.7. The molecular formula is C63H58IrN2SSi-2. The maximum atomic E-state index is 4.43. The van der Waals surface area contributed by atoms with E-state index in [4.69, 9.17) is 0 Å². The fourth-order valence-corrected chi connectivity index (χ4v) is 13.1. The van der Waals surface area contributed by atoms with E-state index >= 15 is 0 Å². The zero-order valence-electron chi connectivity index (χ0n) is 39.4. The zero-order valence-corrected chi connectivity index (χ0v) is 43.6. The molecule has 1 aliphatic rings. The van der Waals surface area contributed by atoms with Crippen LogP contribution in [0.3, 0.4) is 0 Å². The van der Waals surface area contributed by atoms with Crippen LogP contribution in [0.5, 0.6) is 0 Å². The van der Waals surface area contributed by atoms with Crippen molar-refractivity contribution in [3.63, 3.8) is 0 Å². The average molecular weight is 1100 g/mol. The molecule has 0 unspecified atom stereocenters. The number of benzene rings is 7. The fraction of sp³-hybridized carbons (Fsp3) is 0.143. The van der Waals surface area contributed by atoms with Gasteiger partial charge >= 0.3 is 0 Å². The molecule has 1 aliphatic carbocycles. The second-order valence-electron chi connectivity index (χ2n) is 19.4. The van der Waals surface area contributed by atoms with Gasteiger partial charge in [-0.25, -0.2) is 0 Å². The molecule has 0 atom stereocenters. The van der Waals surface area contributed by atoms with Gasteiger partial charge in [-0.2, -0.15) is 31.0 Å². The van der Waals surface area contributed by atoms with Crippen molar-refractivity contribution in [2.75, 3.05) is 0 Å². The molecule has 0 aliphatic heterocycles. The average Bonchev–Trinajstić information content (AvgIpc) is 3.99. The number of rotatable bonds is 8. The van der Waals surface area contributed by atoms with Crippen molar-refractivity contribution in [1.29, 1.82) is 0 Å². The molecule has 5 heteroatoms. The molecule has 1 radical (unpaired) electrons. The Hall–Kier alpha value is -6.33. The summed E-state index contributed by atoms with van der Waals surface area (Å²) in [7, 11) is 7.20. The molecule has 0 amide bonds. The van der Waals surface area contributed by atoms with Crippen molar-refractivity contribution in [1.82, 2.24) is 0 Å². The maximum Gasteiger partial charge on any atom is 0.0709 e. The molecule has 0 saturated heterocycles. The summed E-state index contributed by atoms with van der Waals surface area (Å²) in [6.07, 6.45) is 11.1. The second kappa shape index (κ2) is 19.7. The van der Waals surface area contributed by atoms with Crippen molar-refractivity contribution >= 4 is 55.5 Å². The van der Waals surface area contributed by atoms with Crippen molar-refractivity contribution in [3.8, 4) is 55.9 Å². The Kier molecular flexibility index (Phi) is 13.6. The van der Waals surface area contributed by atoms with E-state index in [1.165, 1.54) is 108 Å². The van der Waals surface area contributed by atoms with E-state index in [-0.39, 0.29) is 20.1 Å². The van der Waals surface area contributed by atoms with Gasteiger partial charge in [0.15, 0.2) is 0 Å². The number of aromatic nitrogens is 2. The zero-order chi connectivity index (χ0) is 46.2. The van der Waals surface area contributed by atoms with E-state index in [1.807, 2.05) is 28.2 Å². The topological polar surface area (TPSA) is 7.76 Å². The monoisotopic (exact) mass is 1100 g/mol. The summed E-state index contributed by atoms with van der Waals surface area (Å²) in [6.45, 7) is 16.1. The standard InChI is InChI=1S/C35H24NS.C28H34NSi.Ir/c1-23-19-34-32(22-31(23)33-20-26(17-18-36(33)2)24-9-4-3-5-10-24)30-16-15-27(21-35(30)37-34)29-14-8-12-25-11-6-7-13-28(25)29;1-21-15-16-24(23-13-7-6-8-14-23)18-26(21)27-19-25(17-22-11-9-10-12-22)28(20-29(27)2)30(3,4)5;/h3-22H,1-2H2;6-8,13-16,18-20,22H,1-2,9-12,17H2,3-5H3;/q2*-1;. The van der Waals surface area contributed by atoms with Crippen LogP contribution in [0.4, 0.5) is 0 Å². The summed E-state index contributed by atoms with van der Waals surface area (Å²) in [6, 6.07) is 60.9. The van der Waals surface area contributed by atoms with Crippen LogP contribution < -0.4 is 14.3 Å². The molecule has 0 N–H and O–H groups in total. The first-order valence-electron chi connectivity index (χ1n) is 23.6. The molecule has 11 rings (SSSR count). The third-order valence-corrected chi connectivity index (χ3v) is 16.9. The molecule has 3 heterocycles. The van der Waals surface area contributed by atoms with Gasteiger partial charge in [0.1, 0.15) is 0 Å². The van der Waals surface area contributed by atoms with Gasteiger partial charge in [-0.15, -0.1) is 46.7 Å². The van der Waals surface area contributed by atoms with Gasteiger partial charge in [-0.3, -0.25) is 0 Å². The molecule has 1 saturated carbocycles. The Morgan fingerprint density at radius 1 is 0.515 bits per heavy atom. The van der Waals surface area contributed by atoms with E-state index in [2.05, 4.69) is 222 Å². The van der Waals surface area contributed by atoms with Crippen molar-refractivity contribution < 1.29 is 29.2 Å². The number of fused-ring (bicyclic) bond motifs is 4. The van der Waals surface area contributed by atoms with Gasteiger partial charge in [0.05, 0.1) is 31.9 Å². The number of pyridine rings is 2. The van der Waals surface area contributed by atoms with Crippen molar-refractivity contribution in [2.45, 2.75) is 51.7 Å². The number of nitrogens with zero attached hydrogens (tertiary/aromatic N) is 2. The van der Waals surface area contributed by atoms with Crippen LogP contribution in [0, 0.1) is 33.9 Å². The Labute approximate surface area is 422 Å². The van der Waals surface area contributed by atoms with Crippen LogP contribution in [-0.4, -0.2) is 8.07 Å². The van der Waals surface area contributed by atoms with Gasteiger partial charge in [-0.05, 0) is 89.3 Å². The van der Waals surface area contributed by atoms with Gasteiger partial charge in [0, 0.05) is 38.9 Å². The van der Waals surface area contributed by atoms with Crippen LogP contribution in [-0.2, 0) is 26.5 Å². The maximum absolute atomic E-state index is 4.43. The summed E-state index contributed by atoms with van der Waals surface area (Å²) < 4.78 is 6.58. The van der Waals surface area contributed by atoms with E-state index in [0.29, 0.717) is 0 Å². The molecule has 68 heavy (non-hydrogen) atoms. The third-order valence-electron chi connectivity index (χ3n) is 13.8. The summed E-state index contributed by atoms with van der Waals surface area (Å²) in [5.74, 6) is 0.837. The first-order valence-corrected chi connectivity index (χ1v) is 27.9. The quantitative estimate of drug-likeness (QED) is 0.0814. The minimum atomic E-state index is -1.46. The van der Waals surface area contributed by atoms with E-state index < -0.39 is 8.07 Å². The van der Waals surface area contributed by atoms with Crippen LogP contribution in [0.15, 0.2) is 182 Å². The minimum absolute atomic E-state index is 0. The molecule has 0 spiro atoms. The van der Waals surface area contributed by atoms with E-state index in [9.17, 15) is 0 Å². The molecule has 3 aromatic heterocycles. The molecular weight excluding hydrogens is 1040 g/mol. The SMILES string of the molecule is [CH2-]c1cc2sc3cc(-c4cccc5ccccc45)ccc3c2cc1-c1cc(-c2ccccc2)cc[n+]1[CH2-].[CH2-]c1ccc(-c2ccccc2)cc1-c1cc(CC2CCCC2)c([Si](C)(C)C)c[n+]1[CH2-].[Ir]. The largest absolute Gasteiger partial charge is 0.343 e. The molecule has 1 fully saturated rings. The summed E-state index contributed by atoms with van der Waals surface area (Å²) >= 11 is 1.84. The van der Waals surface area contributed by atoms with Crippen LogP contribution in [0.2, 0.25) is 19.6 Å². The molecule has 7 aromatic carbocycles. The van der Waals surface area contributed by atoms with Gasteiger partial charge < -0.3 is 9.13 Å². The summed E-state index contributed by atoms with van der Waals surface area (Å²) in [5, 5.41) is 6.64. The van der Waals surface area contributed by atoms with E-state index in [1.54, 1.807) is 10.8 Å². The first-order chi connectivity index (χ1) is 32.5. The predicted molar refractivity (Wildman–Crippen MR) is 290 cm³/mol. The van der Waals surface area contributed by atoms with Crippen LogP contribution in [0.25, 0.3) is 86.8 Å². The van der Waals surface area contributed by atoms with Crippen LogP contribution >= 0.6 is 11.3 Å². The fourth-order valence-electron chi connectivity index (χ4n) is 10.2. The van der Waals surface area contributed by atoms with Gasteiger partial charge in [-0.1, -0.05) is 178 Å². The summed E-state index contributed by atoms with van der Waals surface area (Å²) in [4.78, 5) is 0. The van der Waals surface area contributed by atoms with Gasteiger partial charge in [0.25, 0.3) is 0 Å². The third kappa shape index (κ3) is 9.55. The normalized spacial score (nSPS) is 12.8. The number of thiophene rings is 1. The first kappa shape index (κ1) is 46.8. The van der Waals surface area contributed by atoms with E-state index in [0.717, 1.165) is 28.3 Å². The Morgan fingerprint density at radius 2 is 1.13 bits per heavy atom. The molecule has 10 aromatic rings. The minimum Gasteiger partial charge on any atom is -0.343 e. The van der Waals surface area contributed by atoms with Crippen molar-refractivity contribution in [3.05, 3.63) is 227 Å². The number of hydrogen-bond acceptors (Lipinski definition) is 1.